The molecule has 0 bridgehead atoms. The number of likely N-dealkylation sites (tertiary alicyclic amines) is 1. The lowest BCUT2D eigenvalue weighted by Crippen LogP contribution is -2.38. The summed E-state index contributed by atoms with van der Waals surface area (Å²) < 4.78 is 0. The Bertz CT molecular complexity index is 1230. The normalized spacial score (nSPS) is 19.2. The number of nitrogens with one attached hydrogen (secondary N) is 2. The van der Waals surface area contributed by atoms with Crippen molar-refractivity contribution in [2.24, 2.45) is 0 Å². The van der Waals surface area contributed by atoms with Crippen molar-refractivity contribution < 1.29 is 4.79 Å². The van der Waals surface area contributed by atoms with E-state index in [9.17, 15) is 4.79 Å². The molecule has 2 fully saturated rings. The first-order chi connectivity index (χ1) is 18.1. The Labute approximate surface area is 220 Å². The number of imidazole rings is 1. The predicted octanol–water partition coefficient (Wildman–Crippen LogP) is 5.44. The Morgan fingerprint density at radius 1 is 0.946 bits per heavy atom. The van der Waals surface area contributed by atoms with Gasteiger partial charge in [0.25, 0.3) is 5.91 Å². The second kappa shape index (κ2) is 10.3. The highest BCUT2D eigenvalue weighted by Crippen LogP contribution is 2.41. The highest BCUT2D eigenvalue weighted by Gasteiger charge is 2.28. The van der Waals surface area contributed by atoms with Crippen molar-refractivity contribution in [1.82, 2.24) is 19.8 Å². The quantitative estimate of drug-likeness (QED) is 0.493. The van der Waals surface area contributed by atoms with E-state index in [4.69, 9.17) is 4.98 Å². The molecule has 1 saturated carbocycles. The number of nitrogens with zero attached hydrogens (tertiary/aromatic N) is 3. The summed E-state index contributed by atoms with van der Waals surface area (Å²) in [6, 6.07) is 15.1. The summed E-state index contributed by atoms with van der Waals surface area (Å²) in [6.45, 7) is 3.71. The van der Waals surface area contributed by atoms with E-state index in [1.807, 2.05) is 11.9 Å². The monoisotopic (exact) mass is 497 g/mol. The smallest absolute Gasteiger partial charge is 0.253 e. The summed E-state index contributed by atoms with van der Waals surface area (Å²) in [6.07, 6.45) is 7.75. The molecule has 3 aromatic rings. The van der Waals surface area contributed by atoms with Gasteiger partial charge in [0.05, 0.1) is 5.69 Å². The number of piperidine rings is 1. The van der Waals surface area contributed by atoms with Gasteiger partial charge in [0.15, 0.2) is 0 Å². The van der Waals surface area contributed by atoms with Crippen molar-refractivity contribution >= 4 is 11.6 Å². The summed E-state index contributed by atoms with van der Waals surface area (Å²) >= 11 is 0. The van der Waals surface area contributed by atoms with Crippen LogP contribution in [0.15, 0.2) is 42.5 Å². The molecule has 1 aliphatic carbocycles. The van der Waals surface area contributed by atoms with Gasteiger partial charge in [-0.1, -0.05) is 24.6 Å². The van der Waals surface area contributed by atoms with Crippen LogP contribution in [0.1, 0.15) is 76.8 Å². The molecule has 6 nitrogen and oxygen atoms in total. The molecule has 2 aromatic carbocycles. The first-order valence-corrected chi connectivity index (χ1v) is 14.1. The van der Waals surface area contributed by atoms with Gasteiger partial charge in [-0.3, -0.25) is 4.79 Å². The van der Waals surface area contributed by atoms with Crippen LogP contribution in [-0.4, -0.2) is 65.9 Å². The number of hydrogen-bond acceptors (Lipinski definition) is 4. The number of carbonyl (C=O) groups is 1. The molecule has 1 aromatic heterocycles. The zero-order chi connectivity index (χ0) is 25.4. The van der Waals surface area contributed by atoms with Crippen LogP contribution < -0.4 is 5.32 Å². The molecule has 37 heavy (non-hydrogen) atoms. The van der Waals surface area contributed by atoms with E-state index >= 15 is 0 Å². The number of anilines is 1. The standard InChI is InChI=1S/C31H39N5O/c1-32-25-9-6-21(7-10-25)22-12-18-36(19-13-22)31(37)24-8-11-26(23-4-3-5-23)27(20-24)30-33-28-14-16-35(2)17-15-29(28)34-30/h6-11,20,22-23,32H,3-5,12-19H2,1-2H3,(H,33,34). The summed E-state index contributed by atoms with van der Waals surface area (Å²) in [7, 11) is 4.13. The van der Waals surface area contributed by atoms with Gasteiger partial charge in [0, 0.05) is 68.6 Å². The number of hydrogen-bond donors (Lipinski definition) is 2. The minimum atomic E-state index is 0.153. The first-order valence-electron chi connectivity index (χ1n) is 14.1. The van der Waals surface area contributed by atoms with Gasteiger partial charge in [-0.2, -0.15) is 0 Å². The van der Waals surface area contributed by atoms with Crippen molar-refractivity contribution in [2.45, 2.75) is 56.8 Å². The average Bonchev–Trinajstić information content (AvgIpc) is 3.24. The van der Waals surface area contributed by atoms with Crippen LogP contribution in [0.25, 0.3) is 11.4 Å². The molecule has 6 heteroatoms. The zero-order valence-electron chi connectivity index (χ0n) is 22.2. The molecule has 0 spiro atoms. The van der Waals surface area contributed by atoms with Crippen molar-refractivity contribution in [1.29, 1.82) is 0 Å². The summed E-state index contributed by atoms with van der Waals surface area (Å²) in [5, 5.41) is 3.19. The molecular formula is C31H39N5O. The third-order valence-corrected chi connectivity index (χ3v) is 8.89. The minimum absolute atomic E-state index is 0.153. The van der Waals surface area contributed by atoms with Crippen LogP contribution in [0.2, 0.25) is 0 Å². The highest BCUT2D eigenvalue weighted by molar-refractivity contribution is 5.95. The Kier molecular flexibility index (Phi) is 6.76. The molecule has 3 aliphatic rings. The lowest BCUT2D eigenvalue weighted by atomic mass is 9.77. The van der Waals surface area contributed by atoms with Crippen LogP contribution in [0.4, 0.5) is 5.69 Å². The van der Waals surface area contributed by atoms with Gasteiger partial charge in [-0.15, -0.1) is 0 Å². The van der Waals surface area contributed by atoms with E-state index in [0.717, 1.165) is 74.5 Å². The maximum atomic E-state index is 13.6. The topological polar surface area (TPSA) is 64.3 Å². The van der Waals surface area contributed by atoms with Crippen LogP contribution >= 0.6 is 0 Å². The van der Waals surface area contributed by atoms with Crippen molar-refractivity contribution in [3.8, 4) is 11.4 Å². The number of amides is 1. The number of rotatable bonds is 5. The Morgan fingerprint density at radius 3 is 2.41 bits per heavy atom. The number of aromatic amines is 1. The number of aromatic nitrogens is 2. The lowest BCUT2D eigenvalue weighted by Gasteiger charge is -2.33. The second-order valence-corrected chi connectivity index (χ2v) is 11.2. The van der Waals surface area contributed by atoms with Crippen LogP contribution in [0.5, 0.6) is 0 Å². The average molecular weight is 498 g/mol. The Morgan fingerprint density at radius 2 is 1.70 bits per heavy atom. The van der Waals surface area contributed by atoms with Gasteiger partial charge in [0.2, 0.25) is 0 Å². The van der Waals surface area contributed by atoms with E-state index in [1.54, 1.807) is 0 Å². The van der Waals surface area contributed by atoms with Gasteiger partial charge in [0.1, 0.15) is 5.82 Å². The van der Waals surface area contributed by atoms with E-state index in [2.05, 4.69) is 64.7 Å². The number of benzene rings is 2. The molecule has 3 heterocycles. The van der Waals surface area contributed by atoms with Crippen molar-refractivity contribution in [2.75, 3.05) is 45.6 Å². The summed E-state index contributed by atoms with van der Waals surface area (Å²) in [5.41, 5.74) is 8.26. The molecule has 6 rings (SSSR count). The first kappa shape index (κ1) is 24.2. The SMILES string of the molecule is CNc1ccc(C2CCN(C(=O)c3ccc(C4CCC4)c(-c4nc5c([nH]4)CCN(C)CC5)c3)CC2)cc1. The molecule has 0 radical (unpaired) electrons. The molecule has 1 saturated heterocycles. The maximum absolute atomic E-state index is 13.6. The largest absolute Gasteiger partial charge is 0.388 e. The molecule has 0 atom stereocenters. The second-order valence-electron chi connectivity index (χ2n) is 11.2. The third kappa shape index (κ3) is 4.91. The van der Waals surface area contributed by atoms with Crippen molar-refractivity contribution in [3.63, 3.8) is 0 Å². The van der Waals surface area contributed by atoms with Crippen LogP contribution in [0.3, 0.4) is 0 Å². The van der Waals surface area contributed by atoms with E-state index in [-0.39, 0.29) is 5.91 Å². The van der Waals surface area contributed by atoms with Gasteiger partial charge in [-0.25, -0.2) is 4.98 Å². The fourth-order valence-electron chi connectivity index (χ4n) is 6.19. The van der Waals surface area contributed by atoms with Crippen molar-refractivity contribution in [3.05, 3.63) is 70.5 Å². The fourth-order valence-corrected chi connectivity index (χ4v) is 6.19. The zero-order valence-corrected chi connectivity index (χ0v) is 22.2. The third-order valence-electron chi connectivity index (χ3n) is 8.89. The maximum Gasteiger partial charge on any atom is 0.253 e. The highest BCUT2D eigenvalue weighted by atomic mass is 16.2. The molecule has 1 amide bonds. The minimum Gasteiger partial charge on any atom is -0.388 e. The van der Waals surface area contributed by atoms with E-state index < -0.39 is 0 Å². The molecule has 2 N–H and O–H groups in total. The summed E-state index contributed by atoms with van der Waals surface area (Å²) in [5.74, 6) is 2.21. The fraction of sp³-hybridized carbons (Fsp3) is 0.484. The molecule has 0 unspecified atom stereocenters. The van der Waals surface area contributed by atoms with E-state index in [1.165, 1.54) is 41.8 Å². The van der Waals surface area contributed by atoms with E-state index in [0.29, 0.717) is 11.8 Å². The lowest BCUT2D eigenvalue weighted by molar-refractivity contribution is 0.0713. The summed E-state index contributed by atoms with van der Waals surface area (Å²) in [4.78, 5) is 26.8. The Balaban J connectivity index is 1.21. The number of H-pyrrole nitrogens is 1. The van der Waals surface area contributed by atoms with Crippen LogP contribution in [0, 0.1) is 0 Å². The molecule has 2 aliphatic heterocycles. The predicted molar refractivity (Wildman–Crippen MR) is 149 cm³/mol. The number of fused-ring (bicyclic) bond motifs is 1. The Hall–Kier alpha value is -3.12. The van der Waals surface area contributed by atoms with Gasteiger partial charge in [-0.05, 0) is 80.0 Å². The van der Waals surface area contributed by atoms with Gasteiger partial charge < -0.3 is 20.1 Å². The number of carbonyl (C=O) groups excluding carboxylic acids is 1. The molecular weight excluding hydrogens is 458 g/mol. The number of likely N-dealkylation sites (N-methyl/N-ethyl adjacent to an activating group) is 1. The molecule has 194 valence electrons. The van der Waals surface area contributed by atoms with Crippen LogP contribution in [-0.2, 0) is 12.8 Å². The van der Waals surface area contributed by atoms with Gasteiger partial charge >= 0.3 is 0 Å².